The summed E-state index contributed by atoms with van der Waals surface area (Å²) < 4.78 is 1.37. The van der Waals surface area contributed by atoms with E-state index in [1.165, 1.54) is 15.7 Å². The molecule has 3 N–H and O–H groups in total. The van der Waals surface area contributed by atoms with E-state index >= 15 is 0 Å². The molecule has 0 aliphatic heterocycles. The van der Waals surface area contributed by atoms with Gasteiger partial charge in [0, 0.05) is 6.04 Å². The molecule has 0 aliphatic rings. The van der Waals surface area contributed by atoms with E-state index < -0.39 is 5.91 Å². The number of para-hydroxylation sites is 1. The van der Waals surface area contributed by atoms with Gasteiger partial charge in [-0.05, 0) is 35.1 Å². The van der Waals surface area contributed by atoms with Crippen LogP contribution in [0.2, 0.25) is 0 Å². The Hall–Kier alpha value is -2.99. The van der Waals surface area contributed by atoms with E-state index in [9.17, 15) is 9.59 Å². The van der Waals surface area contributed by atoms with Crippen molar-refractivity contribution in [3.05, 3.63) is 75.8 Å². The van der Waals surface area contributed by atoms with Crippen LogP contribution < -0.4 is 16.6 Å². The number of benzene rings is 2. The van der Waals surface area contributed by atoms with Gasteiger partial charge in [-0.25, -0.2) is 4.98 Å². The normalized spacial score (nSPS) is 12.6. The molecule has 1 aromatic heterocycles. The van der Waals surface area contributed by atoms with Gasteiger partial charge in [-0.2, -0.15) is 0 Å². The maximum atomic E-state index is 12.9. The topological polar surface area (TPSA) is 90.0 Å². The van der Waals surface area contributed by atoms with Crippen LogP contribution in [0.4, 0.5) is 0 Å². The Bertz CT molecular complexity index is 1080. The minimum Gasteiger partial charge on any atom is -0.368 e. The molecule has 0 aliphatic carbocycles. The van der Waals surface area contributed by atoms with Gasteiger partial charge >= 0.3 is 0 Å². The van der Waals surface area contributed by atoms with E-state index in [0.29, 0.717) is 35.1 Å². The monoisotopic (exact) mass is 406 g/mol. The smallest absolute Gasteiger partial charge is 0.261 e. The average molecular weight is 407 g/mol. The maximum Gasteiger partial charge on any atom is 0.261 e. The van der Waals surface area contributed by atoms with E-state index in [1.807, 2.05) is 6.07 Å². The van der Waals surface area contributed by atoms with Crippen molar-refractivity contribution in [2.24, 2.45) is 11.7 Å². The van der Waals surface area contributed by atoms with E-state index in [0.717, 1.165) is 0 Å². The zero-order valence-corrected chi connectivity index (χ0v) is 18.1. The number of amides is 1. The third-order valence-electron chi connectivity index (χ3n) is 5.36. The number of carbonyl (C=O) groups is 1. The van der Waals surface area contributed by atoms with Crippen molar-refractivity contribution in [1.29, 1.82) is 0 Å². The van der Waals surface area contributed by atoms with Crippen molar-refractivity contribution in [2.75, 3.05) is 0 Å². The largest absolute Gasteiger partial charge is 0.368 e. The summed E-state index contributed by atoms with van der Waals surface area (Å²) in [6.45, 7) is 8.81. The van der Waals surface area contributed by atoms with Crippen molar-refractivity contribution in [3.8, 4) is 0 Å². The van der Waals surface area contributed by atoms with E-state index in [2.05, 4.69) is 62.3 Å². The number of nitrogens with two attached hydrogens (primary N) is 1. The first kappa shape index (κ1) is 21.7. The van der Waals surface area contributed by atoms with Gasteiger partial charge in [0.1, 0.15) is 12.4 Å². The second-order valence-electron chi connectivity index (χ2n) is 8.33. The summed E-state index contributed by atoms with van der Waals surface area (Å²) in [5.41, 5.74) is 8.23. The van der Waals surface area contributed by atoms with Gasteiger partial charge in [0.25, 0.3) is 5.56 Å². The second-order valence-corrected chi connectivity index (χ2v) is 8.33. The molecule has 3 aromatic rings. The first-order valence-electron chi connectivity index (χ1n) is 10.4. The van der Waals surface area contributed by atoms with Crippen LogP contribution in [0, 0.1) is 5.92 Å². The quantitative estimate of drug-likeness (QED) is 0.599. The Morgan fingerprint density at radius 2 is 1.67 bits per heavy atom. The Morgan fingerprint density at radius 1 is 1.03 bits per heavy atom. The fourth-order valence-electron chi connectivity index (χ4n) is 3.70. The molecular formula is C24H30N4O2. The Kier molecular flexibility index (Phi) is 6.67. The summed E-state index contributed by atoms with van der Waals surface area (Å²) in [4.78, 5) is 29.1. The van der Waals surface area contributed by atoms with Crippen molar-refractivity contribution in [1.82, 2.24) is 14.9 Å². The predicted molar refractivity (Wildman–Crippen MR) is 120 cm³/mol. The van der Waals surface area contributed by atoms with Crippen LogP contribution in [0.25, 0.3) is 10.9 Å². The number of nitrogens with zero attached hydrogens (tertiary/aromatic N) is 2. The number of hydrogen-bond acceptors (Lipinski definition) is 4. The van der Waals surface area contributed by atoms with Crippen molar-refractivity contribution < 1.29 is 4.79 Å². The van der Waals surface area contributed by atoms with Crippen LogP contribution in [0.15, 0.2) is 53.3 Å². The molecule has 1 atom stereocenters. The second kappa shape index (κ2) is 9.22. The standard InChI is InChI=1S/C24H30N4O2/c1-15(2)17-9-11-18(12-10-17)23(16(3)4)26-13-22-27-20-8-6-5-7-19(20)24(30)28(22)14-21(25)29/h5-12,15-16,23,26H,13-14H2,1-4H3,(H2,25,29)/t23-/m1/s1. The van der Waals surface area contributed by atoms with Crippen LogP contribution >= 0.6 is 0 Å². The van der Waals surface area contributed by atoms with Gasteiger partial charge < -0.3 is 11.1 Å². The molecule has 0 radical (unpaired) electrons. The first-order valence-corrected chi connectivity index (χ1v) is 10.4. The minimum atomic E-state index is -0.569. The van der Waals surface area contributed by atoms with Crippen molar-refractivity contribution in [2.45, 2.75) is 52.7 Å². The van der Waals surface area contributed by atoms with E-state index in [1.54, 1.807) is 18.2 Å². The Morgan fingerprint density at radius 3 is 2.27 bits per heavy atom. The highest BCUT2D eigenvalue weighted by Crippen LogP contribution is 2.24. The molecule has 0 fully saturated rings. The lowest BCUT2D eigenvalue weighted by Gasteiger charge is -2.24. The number of primary amides is 1. The van der Waals surface area contributed by atoms with E-state index in [4.69, 9.17) is 5.73 Å². The molecule has 0 bridgehead atoms. The number of nitrogens with one attached hydrogen (secondary N) is 1. The fourth-order valence-corrected chi connectivity index (χ4v) is 3.70. The molecular weight excluding hydrogens is 376 g/mol. The molecule has 0 saturated heterocycles. The van der Waals surface area contributed by atoms with Gasteiger partial charge in [0.05, 0.1) is 17.4 Å². The first-order chi connectivity index (χ1) is 14.3. The molecule has 3 rings (SSSR count). The SMILES string of the molecule is CC(C)c1ccc([C@H](NCc2nc3ccccc3c(=O)n2CC(N)=O)C(C)C)cc1. The maximum absolute atomic E-state index is 12.9. The lowest BCUT2D eigenvalue weighted by atomic mass is 9.93. The van der Waals surface area contributed by atoms with Crippen molar-refractivity contribution >= 4 is 16.8 Å². The summed E-state index contributed by atoms with van der Waals surface area (Å²) in [6.07, 6.45) is 0. The van der Waals surface area contributed by atoms with Crippen LogP contribution in [0.1, 0.15) is 56.6 Å². The lowest BCUT2D eigenvalue weighted by Crippen LogP contribution is -2.34. The van der Waals surface area contributed by atoms with Crippen molar-refractivity contribution in [3.63, 3.8) is 0 Å². The van der Waals surface area contributed by atoms with Crippen LogP contribution in [0.5, 0.6) is 0 Å². The molecule has 30 heavy (non-hydrogen) atoms. The Labute approximate surface area is 177 Å². The van der Waals surface area contributed by atoms with Gasteiger partial charge in [0.15, 0.2) is 0 Å². The van der Waals surface area contributed by atoms with Gasteiger partial charge in [-0.1, -0.05) is 64.1 Å². The average Bonchev–Trinajstić information content (AvgIpc) is 2.70. The number of carbonyl (C=O) groups excluding carboxylic acids is 1. The molecule has 6 heteroatoms. The minimum absolute atomic E-state index is 0.0802. The lowest BCUT2D eigenvalue weighted by molar-refractivity contribution is -0.118. The molecule has 1 amide bonds. The highest BCUT2D eigenvalue weighted by molar-refractivity contribution is 5.78. The third kappa shape index (κ3) is 4.76. The third-order valence-corrected chi connectivity index (χ3v) is 5.36. The molecule has 0 spiro atoms. The van der Waals surface area contributed by atoms with Gasteiger partial charge in [0.2, 0.25) is 5.91 Å². The van der Waals surface area contributed by atoms with E-state index in [-0.39, 0.29) is 18.1 Å². The number of fused-ring (bicyclic) bond motifs is 1. The molecule has 0 unspecified atom stereocenters. The number of hydrogen-bond donors (Lipinski definition) is 2. The fraction of sp³-hybridized carbons (Fsp3) is 0.375. The number of rotatable bonds is 8. The van der Waals surface area contributed by atoms with Crippen LogP contribution in [-0.2, 0) is 17.9 Å². The Balaban J connectivity index is 1.93. The molecule has 6 nitrogen and oxygen atoms in total. The molecule has 158 valence electrons. The molecule has 2 aromatic carbocycles. The molecule has 1 heterocycles. The highest BCUT2D eigenvalue weighted by atomic mass is 16.2. The predicted octanol–water partition coefficient (Wildman–Crippen LogP) is 3.49. The summed E-state index contributed by atoms with van der Waals surface area (Å²) in [7, 11) is 0. The zero-order valence-electron chi connectivity index (χ0n) is 18.1. The highest BCUT2D eigenvalue weighted by Gasteiger charge is 2.18. The van der Waals surface area contributed by atoms with Crippen LogP contribution in [-0.4, -0.2) is 15.5 Å². The van der Waals surface area contributed by atoms with Crippen LogP contribution in [0.3, 0.4) is 0 Å². The summed E-state index contributed by atoms with van der Waals surface area (Å²) >= 11 is 0. The summed E-state index contributed by atoms with van der Waals surface area (Å²) in [6, 6.07) is 15.9. The van der Waals surface area contributed by atoms with Gasteiger partial charge in [-0.15, -0.1) is 0 Å². The molecule has 0 saturated carbocycles. The zero-order chi connectivity index (χ0) is 21.8. The summed E-state index contributed by atoms with van der Waals surface area (Å²) in [5, 5.41) is 4.01. The van der Waals surface area contributed by atoms with Gasteiger partial charge in [-0.3, -0.25) is 14.2 Å². The summed E-state index contributed by atoms with van der Waals surface area (Å²) in [5.74, 6) is 0.739. The number of aromatic nitrogens is 2.